The molecule has 0 radical (unpaired) electrons. The smallest absolute Gasteiger partial charge is 0.254 e. The van der Waals surface area contributed by atoms with Crippen LogP contribution in [0, 0.1) is 11.3 Å². The maximum absolute atomic E-state index is 13.3. The number of rotatable bonds is 6. The fraction of sp³-hybridized carbons (Fsp3) is 0.375. The van der Waals surface area contributed by atoms with Gasteiger partial charge in [0.2, 0.25) is 5.91 Å². The van der Waals surface area contributed by atoms with Gasteiger partial charge in [0.05, 0.1) is 18.2 Å². The van der Waals surface area contributed by atoms with Crippen molar-refractivity contribution < 1.29 is 9.59 Å². The molecule has 0 aromatic heterocycles. The maximum Gasteiger partial charge on any atom is 0.254 e. The number of piperazine rings is 1. The Balaban J connectivity index is 1.71. The number of nitriles is 1. The first-order chi connectivity index (χ1) is 14.6. The van der Waals surface area contributed by atoms with E-state index in [0.29, 0.717) is 43.9 Å². The predicted octanol–water partition coefficient (Wildman–Crippen LogP) is 2.85. The van der Waals surface area contributed by atoms with Crippen LogP contribution in [-0.2, 0) is 4.79 Å². The summed E-state index contributed by atoms with van der Waals surface area (Å²) in [4.78, 5) is 31.4. The van der Waals surface area contributed by atoms with Gasteiger partial charge >= 0.3 is 0 Å². The normalized spacial score (nSPS) is 14.2. The number of nitrogens with zero attached hydrogens (tertiary/aromatic N) is 4. The first-order valence-corrected chi connectivity index (χ1v) is 10.5. The van der Waals surface area contributed by atoms with Crippen LogP contribution in [0.5, 0.6) is 0 Å². The summed E-state index contributed by atoms with van der Waals surface area (Å²) in [7, 11) is 0. The summed E-state index contributed by atoms with van der Waals surface area (Å²) >= 11 is 0. The Kier molecular flexibility index (Phi) is 7.21. The van der Waals surface area contributed by atoms with E-state index in [1.807, 2.05) is 66.1 Å². The molecule has 30 heavy (non-hydrogen) atoms. The number of hydrogen-bond acceptors (Lipinski definition) is 4. The molecule has 0 spiro atoms. The van der Waals surface area contributed by atoms with E-state index < -0.39 is 0 Å². The van der Waals surface area contributed by atoms with Gasteiger partial charge in [-0.25, -0.2) is 0 Å². The SMILES string of the molecule is CCN(CC)C(=O)CN1CCN(C(=O)c2ccccc2-c2ccccc2C#N)CC1. The van der Waals surface area contributed by atoms with Gasteiger partial charge in [-0.2, -0.15) is 5.26 Å². The molecule has 0 saturated carbocycles. The minimum atomic E-state index is -0.0342. The van der Waals surface area contributed by atoms with Gasteiger partial charge in [-0.3, -0.25) is 14.5 Å². The van der Waals surface area contributed by atoms with E-state index in [-0.39, 0.29) is 11.8 Å². The molecule has 2 aromatic carbocycles. The van der Waals surface area contributed by atoms with Gasteiger partial charge in [0, 0.05) is 50.4 Å². The highest BCUT2D eigenvalue weighted by Gasteiger charge is 2.26. The third kappa shape index (κ3) is 4.69. The van der Waals surface area contributed by atoms with Crippen molar-refractivity contribution in [2.75, 3.05) is 45.8 Å². The first-order valence-electron chi connectivity index (χ1n) is 10.5. The zero-order valence-electron chi connectivity index (χ0n) is 17.7. The van der Waals surface area contributed by atoms with Gasteiger partial charge in [-0.05, 0) is 31.5 Å². The van der Waals surface area contributed by atoms with E-state index in [0.717, 1.165) is 24.2 Å². The second-order valence-electron chi connectivity index (χ2n) is 7.34. The largest absolute Gasteiger partial charge is 0.342 e. The number of likely N-dealkylation sites (N-methyl/N-ethyl adjacent to an activating group) is 1. The van der Waals surface area contributed by atoms with Crippen molar-refractivity contribution in [3.8, 4) is 17.2 Å². The zero-order valence-corrected chi connectivity index (χ0v) is 17.7. The van der Waals surface area contributed by atoms with Crippen molar-refractivity contribution in [1.29, 1.82) is 5.26 Å². The molecule has 3 rings (SSSR count). The highest BCUT2D eigenvalue weighted by atomic mass is 16.2. The zero-order chi connectivity index (χ0) is 21.5. The lowest BCUT2D eigenvalue weighted by atomic mass is 9.95. The van der Waals surface area contributed by atoms with E-state index in [1.165, 1.54) is 0 Å². The van der Waals surface area contributed by atoms with E-state index >= 15 is 0 Å². The molecule has 6 heteroatoms. The predicted molar refractivity (Wildman–Crippen MR) is 117 cm³/mol. The minimum Gasteiger partial charge on any atom is -0.342 e. The van der Waals surface area contributed by atoms with Crippen LogP contribution in [0.25, 0.3) is 11.1 Å². The molecule has 6 nitrogen and oxygen atoms in total. The van der Waals surface area contributed by atoms with E-state index in [2.05, 4.69) is 11.0 Å². The third-order valence-corrected chi connectivity index (χ3v) is 5.63. The van der Waals surface area contributed by atoms with Crippen molar-refractivity contribution in [1.82, 2.24) is 14.7 Å². The fourth-order valence-electron chi connectivity index (χ4n) is 3.87. The van der Waals surface area contributed by atoms with Crippen molar-refractivity contribution in [2.45, 2.75) is 13.8 Å². The summed E-state index contributed by atoms with van der Waals surface area (Å²) in [5.41, 5.74) is 2.71. The van der Waals surface area contributed by atoms with Gasteiger partial charge < -0.3 is 9.80 Å². The molecule has 0 atom stereocenters. The van der Waals surface area contributed by atoms with Crippen molar-refractivity contribution in [3.63, 3.8) is 0 Å². The van der Waals surface area contributed by atoms with Gasteiger partial charge in [0.25, 0.3) is 5.91 Å². The van der Waals surface area contributed by atoms with Gasteiger partial charge in [-0.15, -0.1) is 0 Å². The number of amides is 2. The molecular formula is C24H28N4O2. The molecule has 2 aromatic rings. The molecule has 0 unspecified atom stereocenters. The lowest BCUT2D eigenvalue weighted by molar-refractivity contribution is -0.132. The summed E-state index contributed by atoms with van der Waals surface area (Å²) < 4.78 is 0. The summed E-state index contributed by atoms with van der Waals surface area (Å²) in [6, 6.07) is 17.0. The Hall–Kier alpha value is -3.17. The van der Waals surface area contributed by atoms with Gasteiger partial charge in [0.1, 0.15) is 0 Å². The molecule has 0 N–H and O–H groups in total. The van der Waals surface area contributed by atoms with Crippen LogP contribution in [0.3, 0.4) is 0 Å². The van der Waals surface area contributed by atoms with Crippen LogP contribution in [-0.4, -0.2) is 72.3 Å². The van der Waals surface area contributed by atoms with Crippen LogP contribution in [0.4, 0.5) is 0 Å². The van der Waals surface area contributed by atoms with Gasteiger partial charge in [0.15, 0.2) is 0 Å². The van der Waals surface area contributed by atoms with Crippen LogP contribution >= 0.6 is 0 Å². The Labute approximate surface area is 178 Å². The number of benzene rings is 2. The lowest BCUT2D eigenvalue weighted by Crippen LogP contribution is -2.51. The Morgan fingerprint density at radius 2 is 1.53 bits per heavy atom. The molecule has 1 heterocycles. The Bertz CT molecular complexity index is 938. The lowest BCUT2D eigenvalue weighted by Gasteiger charge is -2.35. The highest BCUT2D eigenvalue weighted by molar-refractivity contribution is 6.01. The second kappa shape index (κ2) is 10.0. The summed E-state index contributed by atoms with van der Waals surface area (Å²) in [5.74, 6) is 0.103. The second-order valence-corrected chi connectivity index (χ2v) is 7.34. The molecule has 1 fully saturated rings. The van der Waals surface area contributed by atoms with E-state index in [4.69, 9.17) is 0 Å². The molecule has 2 amide bonds. The quantitative estimate of drug-likeness (QED) is 0.743. The van der Waals surface area contributed by atoms with E-state index in [9.17, 15) is 14.9 Å². The molecule has 156 valence electrons. The maximum atomic E-state index is 13.3. The highest BCUT2D eigenvalue weighted by Crippen LogP contribution is 2.28. The number of carbonyl (C=O) groups is 2. The third-order valence-electron chi connectivity index (χ3n) is 5.63. The molecule has 1 aliphatic rings. The van der Waals surface area contributed by atoms with Crippen LogP contribution in [0.2, 0.25) is 0 Å². The van der Waals surface area contributed by atoms with Crippen LogP contribution < -0.4 is 0 Å². The molecule has 0 bridgehead atoms. The topological polar surface area (TPSA) is 67.7 Å². The van der Waals surface area contributed by atoms with Crippen LogP contribution in [0.1, 0.15) is 29.8 Å². The molecule has 0 aliphatic carbocycles. The average Bonchev–Trinajstić information content (AvgIpc) is 2.80. The average molecular weight is 405 g/mol. The summed E-state index contributed by atoms with van der Waals surface area (Å²) in [6.07, 6.45) is 0. The number of hydrogen-bond donors (Lipinski definition) is 0. The summed E-state index contributed by atoms with van der Waals surface area (Å²) in [5, 5.41) is 9.45. The fourth-order valence-corrected chi connectivity index (χ4v) is 3.87. The number of carbonyl (C=O) groups excluding carboxylic acids is 2. The first kappa shape index (κ1) is 21.5. The van der Waals surface area contributed by atoms with Crippen molar-refractivity contribution >= 4 is 11.8 Å². The Morgan fingerprint density at radius 1 is 0.933 bits per heavy atom. The minimum absolute atomic E-state index is 0.0342. The van der Waals surface area contributed by atoms with E-state index in [1.54, 1.807) is 6.07 Å². The van der Waals surface area contributed by atoms with Gasteiger partial charge in [-0.1, -0.05) is 36.4 Å². The Morgan fingerprint density at radius 3 is 2.17 bits per heavy atom. The summed E-state index contributed by atoms with van der Waals surface area (Å²) in [6.45, 7) is 8.32. The monoisotopic (exact) mass is 404 g/mol. The van der Waals surface area contributed by atoms with Crippen molar-refractivity contribution in [3.05, 3.63) is 59.7 Å². The molecular weight excluding hydrogens is 376 g/mol. The van der Waals surface area contributed by atoms with Crippen LogP contribution in [0.15, 0.2) is 48.5 Å². The standard InChI is InChI=1S/C24H28N4O2/c1-3-27(4-2)23(29)18-26-13-15-28(16-14-26)24(30)22-12-8-7-11-21(22)20-10-6-5-9-19(20)17-25/h5-12H,3-4,13-16,18H2,1-2H3. The molecule has 1 aliphatic heterocycles. The van der Waals surface area contributed by atoms with Crippen molar-refractivity contribution in [2.24, 2.45) is 0 Å². The molecule has 1 saturated heterocycles.